The van der Waals surface area contributed by atoms with E-state index < -0.39 is 0 Å². The molecule has 2 aromatic carbocycles. The molecule has 1 unspecified atom stereocenters. The Hall–Kier alpha value is -1.38. The molecule has 0 aliphatic rings. The van der Waals surface area contributed by atoms with Crippen molar-refractivity contribution in [1.29, 1.82) is 0 Å². The fourth-order valence-electron chi connectivity index (χ4n) is 2.01. The van der Waals surface area contributed by atoms with Crippen molar-refractivity contribution in [3.8, 4) is 0 Å². The Morgan fingerprint density at radius 1 is 1.12 bits per heavy atom. The molecule has 2 aromatic rings. The minimum absolute atomic E-state index is 0.263. The molecule has 0 aliphatic carbocycles. The quantitative estimate of drug-likeness (QED) is 0.850. The Bertz CT molecular complexity index is 481. The Labute approximate surface area is 103 Å². The highest BCUT2D eigenvalue weighted by molar-refractivity contribution is 5.83. The normalized spacial score (nSPS) is 12.8. The third kappa shape index (κ3) is 2.84. The Morgan fingerprint density at radius 3 is 2.59 bits per heavy atom. The van der Waals surface area contributed by atoms with Crippen LogP contribution in [0.1, 0.15) is 18.5 Å². The monoisotopic (exact) mass is 229 g/mol. The molecule has 1 N–H and O–H groups in total. The van der Waals surface area contributed by atoms with Gasteiger partial charge in [0.25, 0.3) is 0 Å². The fraction of sp³-hybridized carbons (Fsp3) is 0.333. The highest BCUT2D eigenvalue weighted by Crippen LogP contribution is 2.20. The van der Waals surface area contributed by atoms with Gasteiger partial charge in [0, 0.05) is 6.61 Å². The van der Waals surface area contributed by atoms with Crippen molar-refractivity contribution < 1.29 is 4.74 Å². The first kappa shape index (κ1) is 12.1. The number of likely N-dealkylation sites (N-methyl/N-ethyl adjacent to an activating group) is 1. The number of fused-ring (bicyclic) bond motifs is 1. The third-order valence-electron chi connectivity index (χ3n) is 3.01. The number of nitrogens with one attached hydrogen (secondary N) is 1. The van der Waals surface area contributed by atoms with Crippen LogP contribution in [0.5, 0.6) is 0 Å². The van der Waals surface area contributed by atoms with Crippen molar-refractivity contribution in [1.82, 2.24) is 5.32 Å². The van der Waals surface area contributed by atoms with Crippen LogP contribution in [0.3, 0.4) is 0 Å². The van der Waals surface area contributed by atoms with Crippen LogP contribution >= 0.6 is 0 Å². The maximum atomic E-state index is 5.49. The van der Waals surface area contributed by atoms with E-state index in [2.05, 4.69) is 47.8 Å². The lowest BCUT2D eigenvalue weighted by Gasteiger charge is -2.17. The molecule has 1 atom stereocenters. The van der Waals surface area contributed by atoms with Gasteiger partial charge in [0.1, 0.15) is 0 Å². The first-order chi connectivity index (χ1) is 8.35. The van der Waals surface area contributed by atoms with Gasteiger partial charge in [0.2, 0.25) is 0 Å². The Kier molecular flexibility index (Phi) is 4.13. The summed E-state index contributed by atoms with van der Waals surface area (Å²) in [6.45, 7) is 3.49. The molecule has 0 heterocycles. The van der Waals surface area contributed by atoms with E-state index in [0.717, 1.165) is 6.61 Å². The topological polar surface area (TPSA) is 21.3 Å². The van der Waals surface area contributed by atoms with Crippen LogP contribution in [0.15, 0.2) is 42.5 Å². The molecule has 0 aliphatic heterocycles. The molecule has 0 saturated carbocycles. The Balaban J connectivity index is 2.27. The van der Waals surface area contributed by atoms with Crippen molar-refractivity contribution in [2.45, 2.75) is 13.0 Å². The maximum absolute atomic E-state index is 5.49. The smallest absolute Gasteiger partial charge is 0.0661 e. The van der Waals surface area contributed by atoms with Gasteiger partial charge in [-0.1, -0.05) is 36.4 Å². The summed E-state index contributed by atoms with van der Waals surface area (Å²) in [4.78, 5) is 0. The maximum Gasteiger partial charge on any atom is 0.0661 e. The molecular weight excluding hydrogens is 210 g/mol. The summed E-state index contributed by atoms with van der Waals surface area (Å²) in [5.74, 6) is 0. The average molecular weight is 229 g/mol. The van der Waals surface area contributed by atoms with Gasteiger partial charge in [0.15, 0.2) is 0 Å². The number of hydrogen-bond acceptors (Lipinski definition) is 2. The van der Waals surface area contributed by atoms with E-state index in [0.29, 0.717) is 6.61 Å². The van der Waals surface area contributed by atoms with E-state index in [1.54, 1.807) is 0 Å². The largest absolute Gasteiger partial charge is 0.380 e. The lowest BCUT2D eigenvalue weighted by Crippen LogP contribution is -2.21. The van der Waals surface area contributed by atoms with Gasteiger partial charge in [-0.25, -0.2) is 0 Å². The van der Waals surface area contributed by atoms with Crippen molar-refractivity contribution >= 4 is 10.8 Å². The lowest BCUT2D eigenvalue weighted by molar-refractivity contribution is 0.125. The molecule has 0 fully saturated rings. The van der Waals surface area contributed by atoms with E-state index in [-0.39, 0.29) is 6.04 Å². The van der Waals surface area contributed by atoms with Gasteiger partial charge in [-0.3, -0.25) is 0 Å². The molecule has 0 spiro atoms. The summed E-state index contributed by atoms with van der Waals surface area (Å²) in [7, 11) is 1.97. The van der Waals surface area contributed by atoms with Crippen molar-refractivity contribution in [3.63, 3.8) is 0 Å². The first-order valence-corrected chi connectivity index (χ1v) is 6.09. The minimum Gasteiger partial charge on any atom is -0.380 e. The SMILES string of the molecule is CCOCC(NC)c1ccc2ccccc2c1. The highest BCUT2D eigenvalue weighted by Gasteiger charge is 2.09. The predicted octanol–water partition coefficient (Wildman–Crippen LogP) is 3.14. The van der Waals surface area contributed by atoms with Crippen LogP contribution in [0.2, 0.25) is 0 Å². The highest BCUT2D eigenvalue weighted by atomic mass is 16.5. The molecule has 0 aromatic heterocycles. The standard InChI is InChI=1S/C15H19NO/c1-3-17-11-15(16-2)14-9-8-12-6-4-5-7-13(12)10-14/h4-10,15-16H,3,11H2,1-2H3. The average Bonchev–Trinajstić information content (AvgIpc) is 2.39. The summed E-state index contributed by atoms with van der Waals surface area (Å²) in [6.07, 6.45) is 0. The van der Waals surface area contributed by atoms with Crippen LogP contribution < -0.4 is 5.32 Å². The minimum atomic E-state index is 0.263. The zero-order chi connectivity index (χ0) is 12.1. The van der Waals surface area contributed by atoms with E-state index >= 15 is 0 Å². The summed E-state index contributed by atoms with van der Waals surface area (Å²) in [5.41, 5.74) is 1.28. The number of benzene rings is 2. The molecule has 2 nitrogen and oxygen atoms in total. The summed E-state index contributed by atoms with van der Waals surface area (Å²) >= 11 is 0. The Morgan fingerprint density at radius 2 is 1.88 bits per heavy atom. The molecule has 2 rings (SSSR count). The second-order valence-corrected chi connectivity index (χ2v) is 4.11. The number of ether oxygens (including phenoxy) is 1. The van der Waals surface area contributed by atoms with Gasteiger partial charge >= 0.3 is 0 Å². The molecular formula is C15H19NO. The van der Waals surface area contributed by atoms with Gasteiger partial charge in [-0.2, -0.15) is 0 Å². The molecule has 0 saturated heterocycles. The van der Waals surface area contributed by atoms with Crippen LogP contribution in [0.4, 0.5) is 0 Å². The van der Waals surface area contributed by atoms with Crippen molar-refractivity contribution in [2.24, 2.45) is 0 Å². The van der Waals surface area contributed by atoms with E-state index in [1.807, 2.05) is 14.0 Å². The van der Waals surface area contributed by atoms with Gasteiger partial charge < -0.3 is 10.1 Å². The zero-order valence-electron chi connectivity index (χ0n) is 10.4. The summed E-state index contributed by atoms with van der Waals surface area (Å²) in [6, 6.07) is 15.3. The fourth-order valence-corrected chi connectivity index (χ4v) is 2.01. The second kappa shape index (κ2) is 5.80. The van der Waals surface area contributed by atoms with Crippen LogP contribution in [-0.4, -0.2) is 20.3 Å². The zero-order valence-corrected chi connectivity index (χ0v) is 10.4. The summed E-state index contributed by atoms with van der Waals surface area (Å²) in [5, 5.41) is 5.85. The molecule has 0 amide bonds. The number of rotatable bonds is 5. The number of hydrogen-bond donors (Lipinski definition) is 1. The molecule has 17 heavy (non-hydrogen) atoms. The summed E-state index contributed by atoms with van der Waals surface area (Å²) < 4.78 is 5.49. The van der Waals surface area contributed by atoms with Crippen LogP contribution in [-0.2, 0) is 4.74 Å². The van der Waals surface area contributed by atoms with E-state index in [4.69, 9.17) is 4.74 Å². The predicted molar refractivity (Wildman–Crippen MR) is 72.2 cm³/mol. The molecule has 90 valence electrons. The van der Waals surface area contributed by atoms with Crippen LogP contribution in [0, 0.1) is 0 Å². The molecule has 0 radical (unpaired) electrons. The first-order valence-electron chi connectivity index (χ1n) is 6.09. The van der Waals surface area contributed by atoms with E-state index in [9.17, 15) is 0 Å². The van der Waals surface area contributed by atoms with Gasteiger partial charge in [-0.15, -0.1) is 0 Å². The molecule has 2 heteroatoms. The van der Waals surface area contributed by atoms with Gasteiger partial charge in [-0.05, 0) is 36.4 Å². The van der Waals surface area contributed by atoms with Crippen LogP contribution in [0.25, 0.3) is 10.8 Å². The second-order valence-electron chi connectivity index (χ2n) is 4.11. The third-order valence-corrected chi connectivity index (χ3v) is 3.01. The van der Waals surface area contributed by atoms with Crippen molar-refractivity contribution in [2.75, 3.05) is 20.3 Å². The lowest BCUT2D eigenvalue weighted by atomic mass is 10.0. The molecule has 0 bridgehead atoms. The van der Waals surface area contributed by atoms with Crippen molar-refractivity contribution in [3.05, 3.63) is 48.0 Å². The van der Waals surface area contributed by atoms with Gasteiger partial charge in [0.05, 0.1) is 12.6 Å². The van der Waals surface area contributed by atoms with E-state index in [1.165, 1.54) is 16.3 Å².